The summed E-state index contributed by atoms with van der Waals surface area (Å²) in [6.07, 6.45) is 0.202. The SMILES string of the molecule is Cc1c(C(C)CC(=O)O)sc2ccccc12. The van der Waals surface area contributed by atoms with E-state index in [4.69, 9.17) is 5.11 Å². The second-order valence-electron chi connectivity index (χ2n) is 4.09. The summed E-state index contributed by atoms with van der Waals surface area (Å²) in [5.74, 6) is -0.640. The zero-order valence-electron chi connectivity index (χ0n) is 9.36. The molecule has 3 heteroatoms. The Labute approximate surface area is 98.5 Å². The Bertz CT molecular complexity index is 528. The number of benzene rings is 1. The molecule has 2 rings (SSSR count). The summed E-state index contributed by atoms with van der Waals surface area (Å²) in [7, 11) is 0. The molecule has 0 aliphatic carbocycles. The minimum absolute atomic E-state index is 0.0925. The molecule has 0 amide bonds. The van der Waals surface area contributed by atoms with Crippen molar-refractivity contribution in [2.75, 3.05) is 0 Å². The zero-order chi connectivity index (χ0) is 11.7. The van der Waals surface area contributed by atoms with Crippen LogP contribution in [0.2, 0.25) is 0 Å². The van der Waals surface area contributed by atoms with Crippen molar-refractivity contribution in [3.05, 3.63) is 34.7 Å². The summed E-state index contributed by atoms with van der Waals surface area (Å²) in [4.78, 5) is 11.9. The Morgan fingerprint density at radius 2 is 2.12 bits per heavy atom. The minimum Gasteiger partial charge on any atom is -0.481 e. The second-order valence-corrected chi connectivity index (χ2v) is 5.17. The Balaban J connectivity index is 2.45. The van der Waals surface area contributed by atoms with Crippen molar-refractivity contribution in [1.29, 1.82) is 0 Å². The molecule has 0 saturated heterocycles. The van der Waals surface area contributed by atoms with E-state index in [-0.39, 0.29) is 12.3 Å². The van der Waals surface area contributed by atoms with Gasteiger partial charge in [0.05, 0.1) is 6.42 Å². The molecule has 1 unspecified atom stereocenters. The molecule has 1 aromatic heterocycles. The summed E-state index contributed by atoms with van der Waals surface area (Å²) in [6, 6.07) is 8.22. The first-order chi connectivity index (χ1) is 7.59. The van der Waals surface area contributed by atoms with Crippen molar-refractivity contribution < 1.29 is 9.90 Å². The average molecular weight is 234 g/mol. The lowest BCUT2D eigenvalue weighted by atomic mass is 10.0. The largest absolute Gasteiger partial charge is 0.481 e. The van der Waals surface area contributed by atoms with Crippen LogP contribution in [0.3, 0.4) is 0 Å². The van der Waals surface area contributed by atoms with E-state index in [1.807, 2.05) is 19.1 Å². The third-order valence-corrected chi connectivity index (χ3v) is 4.31. The van der Waals surface area contributed by atoms with Crippen molar-refractivity contribution in [2.24, 2.45) is 0 Å². The van der Waals surface area contributed by atoms with Gasteiger partial charge in [-0.05, 0) is 23.9 Å². The fraction of sp³-hybridized carbons (Fsp3) is 0.308. The quantitative estimate of drug-likeness (QED) is 0.877. The third kappa shape index (κ3) is 1.95. The molecular formula is C13H14O2S. The van der Waals surface area contributed by atoms with Gasteiger partial charge in [0.2, 0.25) is 0 Å². The molecule has 0 aliphatic heterocycles. The lowest BCUT2D eigenvalue weighted by Gasteiger charge is -2.07. The molecule has 16 heavy (non-hydrogen) atoms. The number of carboxylic acids is 1. The van der Waals surface area contributed by atoms with Gasteiger partial charge in [-0.25, -0.2) is 0 Å². The number of thiophene rings is 1. The Hall–Kier alpha value is -1.35. The van der Waals surface area contributed by atoms with Crippen LogP contribution < -0.4 is 0 Å². The van der Waals surface area contributed by atoms with E-state index in [0.717, 1.165) is 0 Å². The lowest BCUT2D eigenvalue weighted by molar-refractivity contribution is -0.137. The Kier molecular flexibility index (Phi) is 2.97. The normalized spacial score (nSPS) is 12.9. The monoisotopic (exact) mass is 234 g/mol. The highest BCUT2D eigenvalue weighted by atomic mass is 32.1. The number of fused-ring (bicyclic) bond motifs is 1. The molecule has 1 atom stereocenters. The van der Waals surface area contributed by atoms with Gasteiger partial charge in [0, 0.05) is 15.5 Å². The standard InChI is InChI=1S/C13H14O2S/c1-8(7-12(14)15)13-9(2)10-5-3-4-6-11(10)16-13/h3-6,8H,7H2,1-2H3,(H,14,15). The van der Waals surface area contributed by atoms with Crippen molar-refractivity contribution in [3.63, 3.8) is 0 Å². The molecule has 0 radical (unpaired) electrons. The van der Waals surface area contributed by atoms with Gasteiger partial charge in [0.15, 0.2) is 0 Å². The predicted octanol–water partition coefficient (Wildman–Crippen LogP) is 3.79. The topological polar surface area (TPSA) is 37.3 Å². The number of aryl methyl sites for hydroxylation is 1. The van der Waals surface area contributed by atoms with Gasteiger partial charge >= 0.3 is 5.97 Å². The molecule has 2 aromatic rings. The first-order valence-electron chi connectivity index (χ1n) is 5.29. The first-order valence-corrected chi connectivity index (χ1v) is 6.11. The molecule has 0 fully saturated rings. The third-order valence-electron chi connectivity index (χ3n) is 2.81. The van der Waals surface area contributed by atoms with Gasteiger partial charge in [-0.2, -0.15) is 0 Å². The van der Waals surface area contributed by atoms with Crippen molar-refractivity contribution in [1.82, 2.24) is 0 Å². The highest BCUT2D eigenvalue weighted by Crippen LogP contribution is 2.36. The second kappa shape index (κ2) is 4.26. The number of hydrogen-bond acceptors (Lipinski definition) is 2. The van der Waals surface area contributed by atoms with E-state index in [1.165, 1.54) is 20.5 Å². The molecule has 0 spiro atoms. The summed E-state index contributed by atoms with van der Waals surface area (Å²) in [5, 5.41) is 10.1. The van der Waals surface area contributed by atoms with Crippen LogP contribution >= 0.6 is 11.3 Å². The van der Waals surface area contributed by atoms with Crippen LogP contribution in [0.5, 0.6) is 0 Å². The first kappa shape index (κ1) is 11.1. The van der Waals surface area contributed by atoms with E-state index in [0.29, 0.717) is 0 Å². The highest BCUT2D eigenvalue weighted by molar-refractivity contribution is 7.19. The van der Waals surface area contributed by atoms with Crippen molar-refractivity contribution in [2.45, 2.75) is 26.2 Å². The number of hydrogen-bond donors (Lipinski definition) is 1. The molecule has 1 aromatic carbocycles. The fourth-order valence-electron chi connectivity index (χ4n) is 2.02. The zero-order valence-corrected chi connectivity index (χ0v) is 10.2. The van der Waals surface area contributed by atoms with Crippen LogP contribution in [0.1, 0.15) is 29.7 Å². The summed E-state index contributed by atoms with van der Waals surface area (Å²) < 4.78 is 1.24. The van der Waals surface area contributed by atoms with Gasteiger partial charge in [-0.3, -0.25) is 4.79 Å². The maximum Gasteiger partial charge on any atom is 0.303 e. The average Bonchev–Trinajstić information content (AvgIpc) is 2.56. The Morgan fingerprint density at radius 3 is 2.75 bits per heavy atom. The van der Waals surface area contributed by atoms with Crippen LogP contribution in [-0.4, -0.2) is 11.1 Å². The minimum atomic E-state index is -0.732. The van der Waals surface area contributed by atoms with Crippen LogP contribution in [0.25, 0.3) is 10.1 Å². The van der Waals surface area contributed by atoms with Gasteiger partial charge in [0.25, 0.3) is 0 Å². The Morgan fingerprint density at radius 1 is 1.44 bits per heavy atom. The van der Waals surface area contributed by atoms with Gasteiger partial charge in [0.1, 0.15) is 0 Å². The smallest absolute Gasteiger partial charge is 0.303 e. The van der Waals surface area contributed by atoms with Crippen LogP contribution in [0.4, 0.5) is 0 Å². The molecule has 1 N–H and O–H groups in total. The predicted molar refractivity (Wildman–Crippen MR) is 67.2 cm³/mol. The lowest BCUT2D eigenvalue weighted by Crippen LogP contribution is -2.02. The molecule has 0 bridgehead atoms. The maximum absolute atomic E-state index is 10.7. The summed E-state index contributed by atoms with van der Waals surface area (Å²) in [6.45, 7) is 4.05. The number of carboxylic acid groups (broad SMARTS) is 1. The summed E-state index contributed by atoms with van der Waals surface area (Å²) in [5.41, 5.74) is 1.23. The molecule has 2 nitrogen and oxygen atoms in total. The highest BCUT2D eigenvalue weighted by Gasteiger charge is 2.16. The van der Waals surface area contributed by atoms with Gasteiger partial charge < -0.3 is 5.11 Å². The summed E-state index contributed by atoms with van der Waals surface area (Å²) >= 11 is 1.71. The van der Waals surface area contributed by atoms with Gasteiger partial charge in [-0.1, -0.05) is 25.1 Å². The molecule has 84 valence electrons. The van der Waals surface area contributed by atoms with E-state index < -0.39 is 5.97 Å². The van der Waals surface area contributed by atoms with E-state index in [2.05, 4.69) is 19.1 Å². The number of aliphatic carboxylic acids is 1. The van der Waals surface area contributed by atoms with E-state index in [9.17, 15) is 4.79 Å². The van der Waals surface area contributed by atoms with Gasteiger partial charge in [-0.15, -0.1) is 11.3 Å². The molecule has 0 aliphatic rings. The van der Waals surface area contributed by atoms with Crippen LogP contribution in [-0.2, 0) is 4.79 Å². The number of carbonyl (C=O) groups is 1. The van der Waals surface area contributed by atoms with Crippen LogP contribution in [0.15, 0.2) is 24.3 Å². The van der Waals surface area contributed by atoms with Crippen molar-refractivity contribution in [3.8, 4) is 0 Å². The van der Waals surface area contributed by atoms with Crippen LogP contribution in [0, 0.1) is 6.92 Å². The van der Waals surface area contributed by atoms with Crippen molar-refractivity contribution >= 4 is 27.4 Å². The maximum atomic E-state index is 10.7. The molecule has 1 heterocycles. The van der Waals surface area contributed by atoms with E-state index in [1.54, 1.807) is 11.3 Å². The molecular weight excluding hydrogens is 220 g/mol. The molecule has 0 saturated carbocycles. The number of rotatable bonds is 3. The fourth-order valence-corrected chi connectivity index (χ4v) is 3.28. The van der Waals surface area contributed by atoms with E-state index >= 15 is 0 Å².